The van der Waals surface area contributed by atoms with Gasteiger partial charge >= 0.3 is 0 Å². The predicted octanol–water partition coefficient (Wildman–Crippen LogP) is 3.54. The predicted molar refractivity (Wildman–Crippen MR) is 123 cm³/mol. The van der Waals surface area contributed by atoms with Gasteiger partial charge in [-0.05, 0) is 54.8 Å². The first-order chi connectivity index (χ1) is 15.3. The van der Waals surface area contributed by atoms with Crippen molar-refractivity contribution in [3.8, 4) is 0 Å². The average Bonchev–Trinajstić information content (AvgIpc) is 2.79. The second-order valence-corrected chi connectivity index (χ2v) is 9.40. The zero-order valence-corrected chi connectivity index (χ0v) is 18.3. The molecule has 1 heterocycles. The van der Waals surface area contributed by atoms with E-state index in [0.717, 1.165) is 11.1 Å². The molecule has 3 N–H and O–H groups in total. The fourth-order valence-electron chi connectivity index (χ4n) is 3.52. The lowest BCUT2D eigenvalue weighted by Crippen LogP contribution is -2.37. The third-order valence-corrected chi connectivity index (χ3v) is 6.69. The molecule has 1 aliphatic rings. The van der Waals surface area contributed by atoms with E-state index in [1.165, 1.54) is 12.1 Å². The first kappa shape index (κ1) is 21.7. The molecular formula is C24H23N3O4S. The van der Waals surface area contributed by atoms with E-state index >= 15 is 0 Å². The first-order valence-electron chi connectivity index (χ1n) is 10.2. The third kappa shape index (κ3) is 4.87. The summed E-state index contributed by atoms with van der Waals surface area (Å²) in [5.74, 6) is -0.586. The maximum Gasteiger partial charge on any atom is 0.247 e. The van der Waals surface area contributed by atoms with Crippen LogP contribution >= 0.6 is 0 Å². The average molecular weight is 450 g/mol. The van der Waals surface area contributed by atoms with Gasteiger partial charge in [-0.3, -0.25) is 9.59 Å². The van der Waals surface area contributed by atoms with Gasteiger partial charge < -0.3 is 10.6 Å². The van der Waals surface area contributed by atoms with Crippen LogP contribution in [0.3, 0.4) is 0 Å². The van der Waals surface area contributed by atoms with Gasteiger partial charge in [0.05, 0.1) is 4.90 Å². The highest BCUT2D eigenvalue weighted by Crippen LogP contribution is 2.27. The highest BCUT2D eigenvalue weighted by Gasteiger charge is 2.28. The van der Waals surface area contributed by atoms with Crippen LogP contribution in [0.25, 0.3) is 0 Å². The molecule has 0 bridgehead atoms. The molecule has 0 saturated carbocycles. The Hall–Kier alpha value is -3.49. The molecule has 0 radical (unpaired) electrons. The molecule has 0 aliphatic carbocycles. The summed E-state index contributed by atoms with van der Waals surface area (Å²) in [5.41, 5.74) is 3.49. The van der Waals surface area contributed by atoms with Gasteiger partial charge in [-0.1, -0.05) is 48.0 Å². The zero-order chi connectivity index (χ0) is 22.7. The van der Waals surface area contributed by atoms with Gasteiger partial charge in [0.25, 0.3) is 0 Å². The van der Waals surface area contributed by atoms with Crippen LogP contribution in [0.2, 0.25) is 0 Å². The van der Waals surface area contributed by atoms with Crippen molar-refractivity contribution < 1.29 is 18.0 Å². The summed E-state index contributed by atoms with van der Waals surface area (Å²) in [6, 6.07) is 19.4. The molecule has 32 heavy (non-hydrogen) atoms. The van der Waals surface area contributed by atoms with E-state index in [2.05, 4.69) is 15.4 Å². The number of benzene rings is 3. The lowest BCUT2D eigenvalue weighted by atomic mass is 10.0. The van der Waals surface area contributed by atoms with Crippen LogP contribution in [0.4, 0.5) is 11.4 Å². The Morgan fingerprint density at radius 1 is 0.969 bits per heavy atom. The maximum atomic E-state index is 13.2. The molecule has 0 saturated heterocycles. The highest BCUT2D eigenvalue weighted by atomic mass is 32.2. The number of amides is 2. The van der Waals surface area contributed by atoms with Crippen molar-refractivity contribution in [1.29, 1.82) is 0 Å². The van der Waals surface area contributed by atoms with Crippen molar-refractivity contribution in [1.82, 2.24) is 4.72 Å². The van der Waals surface area contributed by atoms with Crippen LogP contribution in [0, 0.1) is 6.92 Å². The number of anilines is 2. The van der Waals surface area contributed by atoms with Crippen molar-refractivity contribution in [2.24, 2.45) is 0 Å². The molecule has 0 fully saturated rings. The molecule has 0 aromatic heterocycles. The largest absolute Gasteiger partial charge is 0.326 e. The van der Waals surface area contributed by atoms with Gasteiger partial charge in [-0.25, -0.2) is 8.42 Å². The fourth-order valence-corrected chi connectivity index (χ4v) is 4.75. The van der Waals surface area contributed by atoms with Crippen molar-refractivity contribution in [2.45, 2.75) is 30.7 Å². The Balaban J connectivity index is 1.62. The van der Waals surface area contributed by atoms with Crippen LogP contribution in [0.1, 0.15) is 29.2 Å². The molecular weight excluding hydrogens is 426 g/mol. The minimum absolute atomic E-state index is 0.0384. The minimum atomic E-state index is -4.02. The van der Waals surface area contributed by atoms with Gasteiger partial charge in [0, 0.05) is 17.8 Å². The van der Waals surface area contributed by atoms with Crippen molar-refractivity contribution >= 4 is 33.2 Å². The number of aryl methyl sites for hydroxylation is 2. The Labute approximate surface area is 186 Å². The van der Waals surface area contributed by atoms with Gasteiger partial charge in [0.15, 0.2) is 0 Å². The number of sulfonamides is 1. The molecule has 3 aromatic carbocycles. The van der Waals surface area contributed by atoms with E-state index < -0.39 is 22.0 Å². The number of fused-ring (bicyclic) bond motifs is 1. The van der Waals surface area contributed by atoms with Crippen molar-refractivity contribution in [3.05, 3.63) is 89.5 Å². The second-order valence-electron chi connectivity index (χ2n) is 7.69. The third-order valence-electron chi connectivity index (χ3n) is 5.27. The number of hydrogen-bond donors (Lipinski definition) is 3. The molecule has 3 aromatic rings. The van der Waals surface area contributed by atoms with Crippen LogP contribution in [0.5, 0.6) is 0 Å². The summed E-state index contributed by atoms with van der Waals surface area (Å²) >= 11 is 0. The van der Waals surface area contributed by atoms with E-state index in [-0.39, 0.29) is 10.8 Å². The summed E-state index contributed by atoms with van der Waals surface area (Å²) in [6.07, 6.45) is 0.760. The Bertz CT molecular complexity index is 1260. The molecule has 7 nitrogen and oxygen atoms in total. The molecule has 2 amide bonds. The van der Waals surface area contributed by atoms with Crippen molar-refractivity contribution in [3.63, 3.8) is 0 Å². The molecule has 4 rings (SSSR count). The van der Waals surface area contributed by atoms with E-state index in [4.69, 9.17) is 0 Å². The van der Waals surface area contributed by atoms with E-state index in [0.29, 0.717) is 29.8 Å². The minimum Gasteiger partial charge on any atom is -0.326 e. The van der Waals surface area contributed by atoms with E-state index in [1.807, 2.05) is 19.1 Å². The van der Waals surface area contributed by atoms with Gasteiger partial charge in [0.2, 0.25) is 21.8 Å². The topological polar surface area (TPSA) is 104 Å². The molecule has 0 unspecified atom stereocenters. The summed E-state index contributed by atoms with van der Waals surface area (Å²) in [7, 11) is -4.02. The standard InChI is InChI=1S/C24H23N3O4S/c1-16-7-10-19(11-8-16)25-24(29)23(17-5-3-2-4-6-17)27-32(30,31)20-12-13-21-18(15-20)9-14-22(28)26-21/h2-8,10-13,15,23,27H,9,14H2,1H3,(H,25,29)(H,26,28)/t23-/m0/s1. The molecule has 8 heteroatoms. The normalized spacial score (nSPS) is 14.2. The number of carbonyl (C=O) groups excluding carboxylic acids is 2. The van der Waals surface area contributed by atoms with Gasteiger partial charge in [0.1, 0.15) is 6.04 Å². The SMILES string of the molecule is Cc1ccc(NC(=O)[C@@H](NS(=O)(=O)c2ccc3c(c2)CCC(=O)N3)c2ccccc2)cc1. The maximum absolute atomic E-state index is 13.2. The fraction of sp³-hybridized carbons (Fsp3) is 0.167. The van der Waals surface area contributed by atoms with Crippen LogP contribution in [-0.2, 0) is 26.0 Å². The van der Waals surface area contributed by atoms with Crippen LogP contribution in [0.15, 0.2) is 77.7 Å². The number of nitrogens with one attached hydrogen (secondary N) is 3. The zero-order valence-electron chi connectivity index (χ0n) is 17.5. The quantitative estimate of drug-likeness (QED) is 0.535. The van der Waals surface area contributed by atoms with Crippen LogP contribution < -0.4 is 15.4 Å². The number of carbonyl (C=O) groups is 2. The van der Waals surface area contributed by atoms with E-state index in [9.17, 15) is 18.0 Å². The molecule has 1 aliphatic heterocycles. The molecule has 1 atom stereocenters. The highest BCUT2D eigenvalue weighted by molar-refractivity contribution is 7.89. The molecule has 164 valence electrons. The van der Waals surface area contributed by atoms with Gasteiger partial charge in [-0.15, -0.1) is 0 Å². The van der Waals surface area contributed by atoms with Gasteiger partial charge in [-0.2, -0.15) is 4.72 Å². The molecule has 0 spiro atoms. The summed E-state index contributed by atoms with van der Waals surface area (Å²) < 4.78 is 28.9. The first-order valence-corrected chi connectivity index (χ1v) is 11.7. The van der Waals surface area contributed by atoms with Crippen molar-refractivity contribution in [2.75, 3.05) is 10.6 Å². The Morgan fingerprint density at radius 3 is 2.41 bits per heavy atom. The number of hydrogen-bond acceptors (Lipinski definition) is 4. The summed E-state index contributed by atoms with van der Waals surface area (Å²) in [5, 5.41) is 5.52. The Kier molecular flexibility index (Phi) is 6.07. The summed E-state index contributed by atoms with van der Waals surface area (Å²) in [6.45, 7) is 1.94. The Morgan fingerprint density at radius 2 is 1.69 bits per heavy atom. The van der Waals surface area contributed by atoms with Crippen LogP contribution in [-0.4, -0.2) is 20.2 Å². The summed E-state index contributed by atoms with van der Waals surface area (Å²) in [4.78, 5) is 24.7. The lowest BCUT2D eigenvalue weighted by Gasteiger charge is -2.21. The monoisotopic (exact) mass is 449 g/mol. The number of rotatable bonds is 6. The smallest absolute Gasteiger partial charge is 0.247 e. The lowest BCUT2D eigenvalue weighted by molar-refractivity contribution is -0.118. The van der Waals surface area contributed by atoms with E-state index in [1.54, 1.807) is 48.5 Å². The second kappa shape index (κ2) is 8.94.